The van der Waals surface area contributed by atoms with Crippen molar-refractivity contribution in [2.24, 2.45) is 0 Å². The first-order valence-electron chi connectivity index (χ1n) is 5.86. The molecule has 0 aliphatic carbocycles. The van der Waals surface area contributed by atoms with E-state index >= 15 is 0 Å². The molecule has 4 heteroatoms. The van der Waals surface area contributed by atoms with E-state index in [1.54, 1.807) is 6.20 Å². The van der Waals surface area contributed by atoms with Crippen LogP contribution in [-0.2, 0) is 0 Å². The molecule has 16 heavy (non-hydrogen) atoms. The second-order valence-corrected chi connectivity index (χ2v) is 4.03. The quantitative estimate of drug-likeness (QED) is 0.784. The number of fused-ring (bicyclic) bond motifs is 1. The van der Waals surface area contributed by atoms with Crippen LogP contribution < -0.4 is 5.32 Å². The molecule has 0 radical (unpaired) electrons. The standard InChI is InChI=1S/C12H18N4/c1-3-4-5-6-13-12-11-9-10(2)15-16(11)8-7-14-12/h7-9H,3-6H2,1-2H3,(H,13,14). The molecule has 0 bridgehead atoms. The molecule has 2 aromatic heterocycles. The van der Waals surface area contributed by atoms with Gasteiger partial charge in [-0.1, -0.05) is 19.8 Å². The highest BCUT2D eigenvalue weighted by Crippen LogP contribution is 2.14. The molecule has 0 aromatic carbocycles. The summed E-state index contributed by atoms with van der Waals surface area (Å²) >= 11 is 0. The Hall–Kier alpha value is -1.58. The number of rotatable bonds is 5. The molecule has 0 fully saturated rings. The summed E-state index contributed by atoms with van der Waals surface area (Å²) in [6.07, 6.45) is 7.34. The van der Waals surface area contributed by atoms with Crippen molar-refractivity contribution >= 4 is 11.3 Å². The minimum absolute atomic E-state index is 0.930. The summed E-state index contributed by atoms with van der Waals surface area (Å²) in [4.78, 5) is 4.35. The zero-order chi connectivity index (χ0) is 11.4. The number of hydrogen-bond acceptors (Lipinski definition) is 3. The van der Waals surface area contributed by atoms with Gasteiger partial charge >= 0.3 is 0 Å². The number of aryl methyl sites for hydroxylation is 1. The van der Waals surface area contributed by atoms with E-state index < -0.39 is 0 Å². The highest BCUT2D eigenvalue weighted by atomic mass is 15.2. The van der Waals surface area contributed by atoms with E-state index in [9.17, 15) is 0 Å². The van der Waals surface area contributed by atoms with Gasteiger partial charge in [0.2, 0.25) is 0 Å². The summed E-state index contributed by atoms with van der Waals surface area (Å²) < 4.78 is 1.87. The fourth-order valence-corrected chi connectivity index (χ4v) is 1.76. The van der Waals surface area contributed by atoms with Crippen LogP contribution >= 0.6 is 0 Å². The van der Waals surface area contributed by atoms with Gasteiger partial charge in [0.1, 0.15) is 5.52 Å². The predicted octanol–water partition coefficient (Wildman–Crippen LogP) is 2.64. The average molecular weight is 218 g/mol. The Morgan fingerprint density at radius 1 is 1.38 bits per heavy atom. The molecule has 0 unspecified atom stereocenters. The van der Waals surface area contributed by atoms with Gasteiger partial charge in [0.25, 0.3) is 0 Å². The van der Waals surface area contributed by atoms with Crippen molar-refractivity contribution in [2.45, 2.75) is 33.1 Å². The van der Waals surface area contributed by atoms with Crippen molar-refractivity contribution in [3.05, 3.63) is 24.2 Å². The summed E-state index contributed by atoms with van der Waals surface area (Å²) in [6.45, 7) is 5.18. The van der Waals surface area contributed by atoms with Gasteiger partial charge in [0.05, 0.1) is 5.69 Å². The maximum absolute atomic E-state index is 4.35. The third-order valence-electron chi connectivity index (χ3n) is 2.58. The largest absolute Gasteiger partial charge is 0.368 e. The van der Waals surface area contributed by atoms with Crippen LogP contribution in [0, 0.1) is 6.92 Å². The van der Waals surface area contributed by atoms with E-state index in [4.69, 9.17) is 0 Å². The van der Waals surface area contributed by atoms with Crippen molar-refractivity contribution in [3.8, 4) is 0 Å². The minimum Gasteiger partial charge on any atom is -0.368 e. The molecule has 0 amide bonds. The monoisotopic (exact) mass is 218 g/mol. The Kier molecular flexibility index (Phi) is 3.39. The molecule has 0 aliphatic rings. The van der Waals surface area contributed by atoms with Crippen LogP contribution in [0.1, 0.15) is 31.9 Å². The van der Waals surface area contributed by atoms with E-state index in [2.05, 4.69) is 28.4 Å². The normalized spacial score (nSPS) is 10.9. The lowest BCUT2D eigenvalue weighted by molar-refractivity contribution is 0.742. The molecule has 2 aromatic rings. The Balaban J connectivity index is 2.11. The van der Waals surface area contributed by atoms with Crippen molar-refractivity contribution in [2.75, 3.05) is 11.9 Å². The third kappa shape index (κ3) is 2.32. The number of unbranched alkanes of at least 4 members (excludes halogenated alkanes) is 2. The molecule has 0 saturated carbocycles. The smallest absolute Gasteiger partial charge is 0.152 e. The second-order valence-electron chi connectivity index (χ2n) is 4.03. The number of nitrogens with one attached hydrogen (secondary N) is 1. The number of nitrogens with zero attached hydrogens (tertiary/aromatic N) is 3. The summed E-state index contributed by atoms with van der Waals surface area (Å²) in [5, 5.41) is 7.72. The van der Waals surface area contributed by atoms with E-state index in [1.807, 2.05) is 17.6 Å². The molecule has 0 aliphatic heterocycles. The molecule has 2 rings (SSSR count). The maximum Gasteiger partial charge on any atom is 0.152 e. The first-order valence-corrected chi connectivity index (χ1v) is 5.86. The van der Waals surface area contributed by atoms with Gasteiger partial charge in [0, 0.05) is 18.9 Å². The van der Waals surface area contributed by atoms with Crippen LogP contribution in [0.5, 0.6) is 0 Å². The van der Waals surface area contributed by atoms with E-state index in [0.717, 1.165) is 23.6 Å². The van der Waals surface area contributed by atoms with Gasteiger partial charge < -0.3 is 5.32 Å². The number of hydrogen-bond donors (Lipinski definition) is 1. The molecule has 0 saturated heterocycles. The van der Waals surface area contributed by atoms with Crippen LogP contribution in [0.15, 0.2) is 18.5 Å². The first-order chi connectivity index (χ1) is 7.81. The van der Waals surface area contributed by atoms with E-state index in [-0.39, 0.29) is 0 Å². The van der Waals surface area contributed by atoms with Crippen molar-refractivity contribution in [1.82, 2.24) is 14.6 Å². The van der Waals surface area contributed by atoms with Gasteiger partial charge in [-0.25, -0.2) is 9.50 Å². The summed E-state index contributed by atoms with van der Waals surface area (Å²) in [5.41, 5.74) is 2.07. The lowest BCUT2D eigenvalue weighted by Gasteiger charge is -2.05. The Labute approximate surface area is 95.7 Å². The molecule has 0 spiro atoms. The fraction of sp³-hybridized carbons (Fsp3) is 0.500. The van der Waals surface area contributed by atoms with Gasteiger partial charge in [-0.2, -0.15) is 5.10 Å². The summed E-state index contributed by atoms with van der Waals surface area (Å²) in [5.74, 6) is 0.930. The van der Waals surface area contributed by atoms with E-state index in [1.165, 1.54) is 19.3 Å². The Morgan fingerprint density at radius 2 is 2.25 bits per heavy atom. The third-order valence-corrected chi connectivity index (χ3v) is 2.58. The van der Waals surface area contributed by atoms with Crippen LogP contribution in [-0.4, -0.2) is 21.1 Å². The molecule has 1 N–H and O–H groups in total. The van der Waals surface area contributed by atoms with Crippen LogP contribution in [0.2, 0.25) is 0 Å². The lowest BCUT2D eigenvalue weighted by Crippen LogP contribution is -2.04. The topological polar surface area (TPSA) is 42.2 Å². The Morgan fingerprint density at radius 3 is 3.06 bits per heavy atom. The van der Waals surface area contributed by atoms with Crippen molar-refractivity contribution in [3.63, 3.8) is 0 Å². The Bertz CT molecular complexity index is 461. The average Bonchev–Trinajstić information content (AvgIpc) is 2.65. The fourth-order valence-electron chi connectivity index (χ4n) is 1.76. The second kappa shape index (κ2) is 4.96. The molecule has 4 nitrogen and oxygen atoms in total. The van der Waals surface area contributed by atoms with Crippen LogP contribution in [0.4, 0.5) is 5.82 Å². The highest BCUT2D eigenvalue weighted by Gasteiger charge is 2.03. The summed E-state index contributed by atoms with van der Waals surface area (Å²) in [6, 6.07) is 2.05. The van der Waals surface area contributed by atoms with Gasteiger partial charge in [-0.05, 0) is 19.4 Å². The molecular weight excluding hydrogens is 200 g/mol. The number of anilines is 1. The van der Waals surface area contributed by atoms with Crippen LogP contribution in [0.3, 0.4) is 0 Å². The minimum atomic E-state index is 0.930. The van der Waals surface area contributed by atoms with Crippen LogP contribution in [0.25, 0.3) is 5.52 Å². The predicted molar refractivity (Wildman–Crippen MR) is 65.7 cm³/mol. The molecule has 0 atom stereocenters. The van der Waals surface area contributed by atoms with Crippen molar-refractivity contribution in [1.29, 1.82) is 0 Å². The van der Waals surface area contributed by atoms with Gasteiger partial charge in [-0.3, -0.25) is 0 Å². The molecule has 86 valence electrons. The molecule has 2 heterocycles. The lowest BCUT2D eigenvalue weighted by atomic mass is 10.2. The van der Waals surface area contributed by atoms with Gasteiger partial charge in [0.15, 0.2) is 5.82 Å². The SMILES string of the molecule is CCCCCNc1nccn2nc(C)cc12. The number of aromatic nitrogens is 3. The van der Waals surface area contributed by atoms with Gasteiger partial charge in [-0.15, -0.1) is 0 Å². The highest BCUT2D eigenvalue weighted by molar-refractivity contribution is 5.67. The maximum atomic E-state index is 4.35. The van der Waals surface area contributed by atoms with Crippen molar-refractivity contribution < 1.29 is 0 Å². The molecular formula is C12H18N4. The summed E-state index contributed by atoms with van der Waals surface area (Å²) in [7, 11) is 0. The zero-order valence-electron chi connectivity index (χ0n) is 9.90. The first kappa shape index (κ1) is 10.9. The van der Waals surface area contributed by atoms with E-state index in [0.29, 0.717) is 0 Å². The zero-order valence-corrected chi connectivity index (χ0v) is 9.90.